The van der Waals surface area contributed by atoms with Gasteiger partial charge in [-0.05, 0) is 54.5 Å². The molecule has 1 heterocycles. The van der Waals surface area contributed by atoms with E-state index in [1.807, 2.05) is 24.3 Å². The molecular weight excluding hydrogens is 418 g/mol. The van der Waals surface area contributed by atoms with Gasteiger partial charge in [-0.3, -0.25) is 14.5 Å². The summed E-state index contributed by atoms with van der Waals surface area (Å²) >= 11 is 12.3. The lowest BCUT2D eigenvalue weighted by atomic mass is 10.2. The van der Waals surface area contributed by atoms with Gasteiger partial charge in [-0.15, -0.1) is 0 Å². The van der Waals surface area contributed by atoms with Gasteiger partial charge in [0.25, 0.3) is 5.91 Å². The van der Waals surface area contributed by atoms with Gasteiger partial charge in [0.1, 0.15) is 15.8 Å². The first kappa shape index (κ1) is 20.4. The molecule has 1 fully saturated rings. The van der Waals surface area contributed by atoms with E-state index in [-0.39, 0.29) is 12.3 Å². The number of aliphatic carboxylic acids is 1. The Hall–Kier alpha value is -2.35. The minimum Gasteiger partial charge on any atom is -0.481 e. The standard InChI is InChI=1S/C20H16ClNO4S2/c21-14-6-8-15(9-7-14)26-16-4-1-3-13(11-16)12-17-19(25)22(20(27)28-17)10-2-5-18(23)24/h1,3-4,6-9,11-12H,2,5,10H2,(H,23,24). The van der Waals surface area contributed by atoms with Crippen LogP contribution in [-0.2, 0) is 9.59 Å². The Bertz CT molecular complexity index is 943. The van der Waals surface area contributed by atoms with Crippen molar-refractivity contribution in [2.24, 2.45) is 0 Å². The molecule has 1 amide bonds. The number of rotatable bonds is 7. The fraction of sp³-hybridized carbons (Fsp3) is 0.150. The number of nitrogens with zero attached hydrogens (tertiary/aromatic N) is 1. The number of carboxylic acid groups (broad SMARTS) is 1. The summed E-state index contributed by atoms with van der Waals surface area (Å²) in [6.07, 6.45) is 2.12. The average molecular weight is 434 g/mol. The lowest BCUT2D eigenvalue weighted by Gasteiger charge is -2.13. The summed E-state index contributed by atoms with van der Waals surface area (Å²) in [5.41, 5.74) is 0.803. The second-order valence-corrected chi connectivity index (χ2v) is 8.07. The SMILES string of the molecule is O=C(O)CCCN1C(=O)C(=Cc2cccc(Oc3ccc(Cl)cc3)c2)SC1=S. The summed E-state index contributed by atoms with van der Waals surface area (Å²) in [6, 6.07) is 14.4. The van der Waals surface area contributed by atoms with Crippen LogP contribution in [-0.4, -0.2) is 32.7 Å². The maximum atomic E-state index is 12.6. The first-order chi connectivity index (χ1) is 13.4. The Labute approximate surface area is 176 Å². The molecule has 0 unspecified atom stereocenters. The van der Waals surface area contributed by atoms with E-state index >= 15 is 0 Å². The van der Waals surface area contributed by atoms with Crippen LogP contribution in [0.3, 0.4) is 0 Å². The van der Waals surface area contributed by atoms with Gasteiger partial charge in [-0.25, -0.2) is 0 Å². The molecule has 1 N–H and O–H groups in total. The largest absolute Gasteiger partial charge is 0.481 e. The smallest absolute Gasteiger partial charge is 0.303 e. The third-order valence-electron chi connectivity index (χ3n) is 3.85. The molecule has 5 nitrogen and oxygen atoms in total. The van der Waals surface area contributed by atoms with Crippen LogP contribution in [0.1, 0.15) is 18.4 Å². The first-order valence-electron chi connectivity index (χ1n) is 8.43. The van der Waals surface area contributed by atoms with Gasteiger partial charge in [0.2, 0.25) is 0 Å². The summed E-state index contributed by atoms with van der Waals surface area (Å²) in [4.78, 5) is 25.2. The van der Waals surface area contributed by atoms with Crippen LogP contribution in [0.25, 0.3) is 6.08 Å². The number of ether oxygens (including phenoxy) is 1. The second-order valence-electron chi connectivity index (χ2n) is 5.96. The highest BCUT2D eigenvalue weighted by atomic mass is 35.5. The maximum Gasteiger partial charge on any atom is 0.303 e. The Morgan fingerprint density at radius 2 is 1.96 bits per heavy atom. The first-order valence-corrected chi connectivity index (χ1v) is 10.0. The average Bonchev–Trinajstić information content (AvgIpc) is 2.91. The highest BCUT2D eigenvalue weighted by molar-refractivity contribution is 8.26. The summed E-state index contributed by atoms with van der Waals surface area (Å²) < 4.78 is 6.25. The Balaban J connectivity index is 1.71. The topological polar surface area (TPSA) is 66.8 Å². The summed E-state index contributed by atoms with van der Waals surface area (Å²) in [7, 11) is 0. The molecule has 28 heavy (non-hydrogen) atoms. The van der Waals surface area contributed by atoms with Crippen molar-refractivity contribution >= 4 is 57.9 Å². The Kier molecular flexibility index (Phi) is 6.72. The molecule has 144 valence electrons. The lowest BCUT2D eigenvalue weighted by molar-refractivity contribution is -0.137. The molecule has 0 atom stereocenters. The minimum atomic E-state index is -0.890. The van der Waals surface area contributed by atoms with Crippen LogP contribution >= 0.6 is 35.6 Å². The van der Waals surface area contributed by atoms with Gasteiger partial charge in [0.05, 0.1) is 4.91 Å². The summed E-state index contributed by atoms with van der Waals surface area (Å²) in [6.45, 7) is 0.300. The number of benzene rings is 2. The van der Waals surface area contributed by atoms with E-state index in [2.05, 4.69) is 0 Å². The molecule has 3 rings (SSSR count). The molecule has 1 aliphatic rings. The minimum absolute atomic E-state index is 0.000188. The molecule has 0 saturated carbocycles. The van der Waals surface area contributed by atoms with E-state index in [0.29, 0.717) is 38.7 Å². The summed E-state index contributed by atoms with van der Waals surface area (Å²) in [5, 5.41) is 9.37. The lowest BCUT2D eigenvalue weighted by Crippen LogP contribution is -2.29. The zero-order valence-corrected chi connectivity index (χ0v) is 17.0. The van der Waals surface area contributed by atoms with Crippen molar-refractivity contribution in [3.05, 3.63) is 64.0 Å². The van der Waals surface area contributed by atoms with Gasteiger partial charge in [-0.1, -0.05) is 47.7 Å². The van der Waals surface area contributed by atoms with E-state index in [0.717, 1.165) is 5.56 Å². The van der Waals surface area contributed by atoms with Crippen LogP contribution in [0.15, 0.2) is 53.4 Å². The molecule has 1 aliphatic heterocycles. The third-order valence-corrected chi connectivity index (χ3v) is 5.48. The number of hydrogen-bond acceptors (Lipinski definition) is 5. The van der Waals surface area contributed by atoms with Crippen LogP contribution < -0.4 is 4.74 Å². The molecule has 0 aliphatic carbocycles. The number of amides is 1. The molecule has 0 spiro atoms. The third kappa shape index (κ3) is 5.34. The van der Waals surface area contributed by atoms with Gasteiger partial charge >= 0.3 is 5.97 Å². The fourth-order valence-corrected chi connectivity index (χ4v) is 3.97. The van der Waals surface area contributed by atoms with E-state index < -0.39 is 5.97 Å². The molecule has 1 saturated heterocycles. The van der Waals surface area contributed by atoms with E-state index in [1.54, 1.807) is 30.3 Å². The quantitative estimate of drug-likeness (QED) is 0.478. The van der Waals surface area contributed by atoms with Crippen molar-refractivity contribution in [2.45, 2.75) is 12.8 Å². The Morgan fingerprint density at radius 3 is 2.68 bits per heavy atom. The number of hydrogen-bond donors (Lipinski definition) is 1. The second kappa shape index (κ2) is 9.23. The van der Waals surface area contributed by atoms with Gasteiger partial charge in [-0.2, -0.15) is 0 Å². The molecule has 8 heteroatoms. The summed E-state index contributed by atoms with van der Waals surface area (Å²) in [5.74, 6) is 0.196. The number of carboxylic acids is 1. The number of thioether (sulfide) groups is 1. The van der Waals surface area contributed by atoms with E-state index in [9.17, 15) is 9.59 Å². The van der Waals surface area contributed by atoms with E-state index in [1.165, 1.54) is 16.7 Å². The van der Waals surface area contributed by atoms with Crippen LogP contribution in [0.2, 0.25) is 5.02 Å². The fourth-order valence-electron chi connectivity index (χ4n) is 2.54. The number of carbonyl (C=O) groups is 2. The zero-order chi connectivity index (χ0) is 20.1. The monoisotopic (exact) mass is 433 g/mol. The molecule has 0 aromatic heterocycles. The van der Waals surface area contributed by atoms with E-state index in [4.69, 9.17) is 33.7 Å². The normalized spacial score (nSPS) is 15.3. The van der Waals surface area contributed by atoms with Crippen molar-refractivity contribution in [2.75, 3.05) is 6.54 Å². The van der Waals surface area contributed by atoms with Gasteiger partial charge in [0, 0.05) is 18.0 Å². The van der Waals surface area contributed by atoms with Gasteiger partial charge in [0.15, 0.2) is 0 Å². The predicted octanol–water partition coefficient (Wildman–Crippen LogP) is 5.20. The van der Waals surface area contributed by atoms with Crippen molar-refractivity contribution in [3.63, 3.8) is 0 Å². The van der Waals surface area contributed by atoms with Crippen molar-refractivity contribution < 1.29 is 19.4 Å². The highest BCUT2D eigenvalue weighted by Gasteiger charge is 2.31. The molecule has 0 radical (unpaired) electrons. The number of halogens is 1. The number of carbonyl (C=O) groups excluding carboxylic acids is 1. The van der Waals surface area contributed by atoms with Crippen molar-refractivity contribution in [1.29, 1.82) is 0 Å². The Morgan fingerprint density at radius 1 is 1.21 bits per heavy atom. The van der Waals surface area contributed by atoms with Gasteiger partial charge < -0.3 is 9.84 Å². The molecule has 2 aromatic carbocycles. The predicted molar refractivity (Wildman–Crippen MR) is 115 cm³/mol. The maximum absolute atomic E-state index is 12.6. The van der Waals surface area contributed by atoms with Crippen molar-refractivity contribution in [3.8, 4) is 11.5 Å². The van der Waals surface area contributed by atoms with Crippen molar-refractivity contribution in [1.82, 2.24) is 4.90 Å². The van der Waals surface area contributed by atoms with Crippen LogP contribution in [0.4, 0.5) is 0 Å². The molecule has 2 aromatic rings. The zero-order valence-electron chi connectivity index (χ0n) is 14.6. The van der Waals surface area contributed by atoms with Crippen LogP contribution in [0.5, 0.6) is 11.5 Å². The molecule has 0 bridgehead atoms. The van der Waals surface area contributed by atoms with Crippen LogP contribution in [0, 0.1) is 0 Å². The molecular formula is C20H16ClNO4S2. The number of thiocarbonyl (C=S) groups is 1. The highest BCUT2D eigenvalue weighted by Crippen LogP contribution is 2.33.